The van der Waals surface area contributed by atoms with Crippen LogP contribution in [0.15, 0.2) is 36.4 Å². The third kappa shape index (κ3) is 2.41. The second kappa shape index (κ2) is 6.05. The highest BCUT2D eigenvalue weighted by Crippen LogP contribution is 2.37. The first kappa shape index (κ1) is 16.4. The molecule has 0 unspecified atom stereocenters. The summed E-state index contributed by atoms with van der Waals surface area (Å²) in [5, 5.41) is 0.594. The molecule has 0 bridgehead atoms. The van der Waals surface area contributed by atoms with Gasteiger partial charge in [-0.2, -0.15) is 0 Å². The van der Waals surface area contributed by atoms with Crippen LogP contribution in [0.25, 0.3) is 22.0 Å². The normalized spacial score (nSPS) is 13.5. The zero-order chi connectivity index (χ0) is 18.4. The minimum Gasteiger partial charge on any atom is -0.397 e. The largest absolute Gasteiger partial charge is 0.397 e. The number of nitrogens with two attached hydrogens (primary N) is 1. The molecule has 2 heterocycles. The van der Waals surface area contributed by atoms with Crippen LogP contribution in [0.2, 0.25) is 0 Å². The molecule has 4 rings (SSSR count). The van der Waals surface area contributed by atoms with Gasteiger partial charge in [0.1, 0.15) is 11.6 Å². The van der Waals surface area contributed by atoms with Gasteiger partial charge in [-0.05, 0) is 18.6 Å². The number of carbonyl (C=O) groups is 1. The van der Waals surface area contributed by atoms with Crippen LogP contribution in [0.3, 0.4) is 0 Å². The SMILES string of the molecule is CCCN1Cc2nc3c(-c4ccc(F)cc4F)cccc3c(N)c2C1=O. The van der Waals surface area contributed by atoms with E-state index >= 15 is 0 Å². The van der Waals surface area contributed by atoms with Crippen LogP contribution >= 0.6 is 0 Å². The molecule has 0 aliphatic carbocycles. The van der Waals surface area contributed by atoms with E-state index in [0.29, 0.717) is 46.5 Å². The van der Waals surface area contributed by atoms with Gasteiger partial charge in [0.05, 0.1) is 29.0 Å². The lowest BCUT2D eigenvalue weighted by molar-refractivity contribution is 0.0779. The minimum absolute atomic E-state index is 0.118. The van der Waals surface area contributed by atoms with Crippen LogP contribution in [-0.2, 0) is 6.54 Å². The molecule has 2 N–H and O–H groups in total. The molecule has 132 valence electrons. The van der Waals surface area contributed by atoms with Gasteiger partial charge in [0.25, 0.3) is 5.91 Å². The summed E-state index contributed by atoms with van der Waals surface area (Å²) >= 11 is 0. The van der Waals surface area contributed by atoms with Gasteiger partial charge < -0.3 is 10.6 Å². The fourth-order valence-corrected chi connectivity index (χ4v) is 3.50. The summed E-state index contributed by atoms with van der Waals surface area (Å²) in [6, 6.07) is 8.65. The summed E-state index contributed by atoms with van der Waals surface area (Å²) in [5.74, 6) is -1.42. The third-order valence-electron chi connectivity index (χ3n) is 4.69. The number of nitrogen functional groups attached to an aromatic ring is 1. The van der Waals surface area contributed by atoms with E-state index < -0.39 is 11.6 Å². The summed E-state index contributed by atoms with van der Waals surface area (Å²) in [4.78, 5) is 19.0. The first-order valence-corrected chi connectivity index (χ1v) is 8.47. The lowest BCUT2D eigenvalue weighted by Gasteiger charge is -2.13. The lowest BCUT2D eigenvalue weighted by Crippen LogP contribution is -2.24. The Balaban J connectivity index is 1.95. The van der Waals surface area contributed by atoms with Crippen molar-refractivity contribution >= 4 is 22.5 Å². The maximum atomic E-state index is 14.3. The van der Waals surface area contributed by atoms with Crippen LogP contribution in [0.4, 0.5) is 14.5 Å². The van der Waals surface area contributed by atoms with E-state index in [4.69, 9.17) is 5.73 Å². The van der Waals surface area contributed by atoms with Gasteiger partial charge in [-0.25, -0.2) is 13.8 Å². The maximum absolute atomic E-state index is 14.3. The zero-order valence-electron chi connectivity index (χ0n) is 14.2. The third-order valence-corrected chi connectivity index (χ3v) is 4.69. The number of hydrogen-bond acceptors (Lipinski definition) is 3. The van der Waals surface area contributed by atoms with Crippen molar-refractivity contribution < 1.29 is 13.6 Å². The molecule has 0 saturated carbocycles. The molecule has 6 heteroatoms. The average Bonchev–Trinajstić information content (AvgIpc) is 2.91. The Kier molecular flexibility index (Phi) is 3.83. The molecule has 1 aliphatic rings. The van der Waals surface area contributed by atoms with Crippen LogP contribution in [0, 0.1) is 11.6 Å². The fraction of sp³-hybridized carbons (Fsp3) is 0.200. The Labute approximate surface area is 149 Å². The van der Waals surface area contributed by atoms with Gasteiger partial charge in [0.15, 0.2) is 0 Å². The zero-order valence-corrected chi connectivity index (χ0v) is 14.2. The quantitative estimate of drug-likeness (QED) is 0.770. The molecule has 0 atom stereocenters. The standard InChI is InChI=1S/C20H17F2N3O/c1-2-8-25-10-16-17(20(25)26)18(23)14-5-3-4-13(19(14)24-16)12-7-6-11(21)9-15(12)22/h3-7,9H,2,8,10H2,1H3,(H2,23,24). The van der Waals surface area contributed by atoms with E-state index in [1.165, 1.54) is 12.1 Å². The van der Waals surface area contributed by atoms with Crippen molar-refractivity contribution in [1.29, 1.82) is 0 Å². The summed E-state index contributed by atoms with van der Waals surface area (Å²) in [7, 11) is 0. The van der Waals surface area contributed by atoms with Gasteiger partial charge in [0.2, 0.25) is 0 Å². The predicted octanol–water partition coefficient (Wildman–Crippen LogP) is 4.13. The van der Waals surface area contributed by atoms with Crippen molar-refractivity contribution in [3.63, 3.8) is 0 Å². The van der Waals surface area contributed by atoms with Gasteiger partial charge in [0, 0.05) is 29.1 Å². The monoisotopic (exact) mass is 353 g/mol. The first-order valence-electron chi connectivity index (χ1n) is 8.47. The molecule has 1 amide bonds. The molecule has 0 radical (unpaired) electrons. The van der Waals surface area contributed by atoms with Crippen molar-refractivity contribution in [3.8, 4) is 11.1 Å². The molecule has 1 aliphatic heterocycles. The van der Waals surface area contributed by atoms with E-state index in [2.05, 4.69) is 4.98 Å². The average molecular weight is 353 g/mol. The summed E-state index contributed by atoms with van der Waals surface area (Å²) in [6.07, 6.45) is 0.838. The molecule has 3 aromatic rings. The van der Waals surface area contributed by atoms with Crippen molar-refractivity contribution in [2.24, 2.45) is 0 Å². The van der Waals surface area contributed by atoms with Crippen molar-refractivity contribution in [2.45, 2.75) is 19.9 Å². The van der Waals surface area contributed by atoms with Crippen molar-refractivity contribution in [2.75, 3.05) is 12.3 Å². The summed E-state index contributed by atoms with van der Waals surface area (Å²) in [6.45, 7) is 3.02. The van der Waals surface area contributed by atoms with Crippen LogP contribution < -0.4 is 5.73 Å². The Bertz CT molecular complexity index is 1050. The van der Waals surface area contributed by atoms with Gasteiger partial charge in [-0.3, -0.25) is 4.79 Å². The molecular weight excluding hydrogens is 336 g/mol. The number of fused-ring (bicyclic) bond motifs is 2. The number of carbonyl (C=O) groups excluding carboxylic acids is 1. The van der Waals surface area contributed by atoms with Crippen molar-refractivity contribution in [1.82, 2.24) is 9.88 Å². The fourth-order valence-electron chi connectivity index (χ4n) is 3.50. The topological polar surface area (TPSA) is 59.2 Å². The number of rotatable bonds is 3. The van der Waals surface area contributed by atoms with E-state index in [-0.39, 0.29) is 11.5 Å². The molecular formula is C20H17F2N3O. The van der Waals surface area contributed by atoms with Crippen LogP contribution in [0.1, 0.15) is 29.4 Å². The molecule has 4 nitrogen and oxygen atoms in total. The Morgan fingerprint density at radius 3 is 2.73 bits per heavy atom. The Hall–Kier alpha value is -3.02. The number of hydrogen-bond donors (Lipinski definition) is 1. The maximum Gasteiger partial charge on any atom is 0.258 e. The first-order chi connectivity index (χ1) is 12.5. The molecule has 0 saturated heterocycles. The molecule has 0 spiro atoms. The second-order valence-corrected chi connectivity index (χ2v) is 6.40. The number of halogens is 2. The molecule has 1 aromatic heterocycles. The van der Waals surface area contributed by atoms with Gasteiger partial charge in [-0.15, -0.1) is 0 Å². The van der Waals surface area contributed by atoms with Crippen molar-refractivity contribution in [3.05, 3.63) is 59.3 Å². The lowest BCUT2D eigenvalue weighted by atomic mass is 9.98. The molecule has 0 fully saturated rings. The minimum atomic E-state index is -0.665. The highest BCUT2D eigenvalue weighted by atomic mass is 19.1. The smallest absolute Gasteiger partial charge is 0.258 e. The summed E-state index contributed by atoms with van der Waals surface area (Å²) in [5.41, 5.74) is 8.97. The van der Waals surface area contributed by atoms with Crippen LogP contribution in [0.5, 0.6) is 0 Å². The highest BCUT2D eigenvalue weighted by Gasteiger charge is 2.31. The van der Waals surface area contributed by atoms with Gasteiger partial charge in [-0.1, -0.05) is 25.1 Å². The van der Waals surface area contributed by atoms with E-state index in [0.717, 1.165) is 12.5 Å². The number of aromatic nitrogens is 1. The van der Waals surface area contributed by atoms with Gasteiger partial charge >= 0.3 is 0 Å². The van der Waals surface area contributed by atoms with E-state index in [9.17, 15) is 13.6 Å². The number of benzene rings is 2. The molecule has 26 heavy (non-hydrogen) atoms. The Morgan fingerprint density at radius 2 is 2.00 bits per heavy atom. The number of pyridine rings is 1. The number of anilines is 1. The Morgan fingerprint density at radius 1 is 1.19 bits per heavy atom. The number of nitrogens with zero attached hydrogens (tertiary/aromatic N) is 2. The summed E-state index contributed by atoms with van der Waals surface area (Å²) < 4.78 is 27.6. The van der Waals surface area contributed by atoms with Crippen LogP contribution in [-0.4, -0.2) is 22.3 Å². The van der Waals surface area contributed by atoms with E-state index in [1.807, 2.05) is 6.92 Å². The predicted molar refractivity (Wildman–Crippen MR) is 96.5 cm³/mol. The number of para-hydroxylation sites is 1. The highest BCUT2D eigenvalue weighted by molar-refractivity contribution is 6.11. The number of amides is 1. The molecule has 2 aromatic carbocycles. The van der Waals surface area contributed by atoms with E-state index in [1.54, 1.807) is 23.1 Å². The second-order valence-electron chi connectivity index (χ2n) is 6.40.